The molecule has 0 radical (unpaired) electrons. The first-order valence-corrected chi connectivity index (χ1v) is 9.02. The fourth-order valence-corrected chi connectivity index (χ4v) is 3.21. The predicted octanol–water partition coefficient (Wildman–Crippen LogP) is 1.07. The van der Waals surface area contributed by atoms with Crippen molar-refractivity contribution in [3.63, 3.8) is 0 Å². The lowest BCUT2D eigenvalue weighted by Crippen LogP contribution is -2.46. The third kappa shape index (κ3) is 4.62. The normalized spacial score (nSPS) is 15.7. The molecule has 0 saturated carbocycles. The number of hydroxylamine groups is 1. The number of hydrogen-bond donors (Lipinski definition) is 3. The molecule has 0 spiro atoms. The fraction of sp³-hybridized carbons (Fsp3) is 0.368. The average Bonchev–Trinajstić information content (AvgIpc) is 2.77. The molecule has 1 saturated heterocycles. The number of aromatic nitrogens is 2. The predicted molar refractivity (Wildman–Crippen MR) is 101 cm³/mol. The molecule has 2 aromatic rings. The lowest BCUT2D eigenvalue weighted by atomic mass is 10.0. The molecule has 1 aliphatic heterocycles. The van der Waals surface area contributed by atoms with Crippen LogP contribution in [0.4, 0.5) is 5.95 Å². The van der Waals surface area contributed by atoms with Gasteiger partial charge >= 0.3 is 5.97 Å². The van der Waals surface area contributed by atoms with E-state index in [1.165, 1.54) is 19.5 Å². The van der Waals surface area contributed by atoms with Crippen LogP contribution >= 0.6 is 0 Å². The number of hydrogen-bond acceptors (Lipinski definition) is 8. The van der Waals surface area contributed by atoms with Crippen molar-refractivity contribution in [3.05, 3.63) is 53.9 Å². The van der Waals surface area contributed by atoms with Crippen molar-refractivity contribution in [1.82, 2.24) is 20.8 Å². The minimum atomic E-state index is -0.649. The van der Waals surface area contributed by atoms with Gasteiger partial charge in [-0.25, -0.2) is 20.2 Å². The Bertz CT molecular complexity index is 792. The number of benzene rings is 1. The van der Waals surface area contributed by atoms with Crippen LogP contribution in [-0.2, 0) is 9.53 Å². The highest BCUT2D eigenvalue weighted by atomic mass is 16.5. The lowest BCUT2D eigenvalue weighted by molar-refractivity contribution is -0.143. The molecule has 1 amide bonds. The van der Waals surface area contributed by atoms with E-state index in [0.717, 1.165) is 18.4 Å². The van der Waals surface area contributed by atoms with Crippen LogP contribution in [0.1, 0.15) is 34.8 Å². The van der Waals surface area contributed by atoms with Crippen LogP contribution in [-0.4, -0.2) is 53.3 Å². The summed E-state index contributed by atoms with van der Waals surface area (Å²) in [6.07, 6.45) is 4.37. The molecule has 3 rings (SSSR count). The maximum absolute atomic E-state index is 12.2. The Balaban J connectivity index is 1.60. The number of carbonyl (C=O) groups is 2. The summed E-state index contributed by atoms with van der Waals surface area (Å²) in [5.74, 6) is -0.431. The number of anilines is 1. The van der Waals surface area contributed by atoms with E-state index >= 15 is 0 Å². The Labute approximate surface area is 162 Å². The zero-order chi connectivity index (χ0) is 19.9. The van der Waals surface area contributed by atoms with Gasteiger partial charge in [0.15, 0.2) is 0 Å². The summed E-state index contributed by atoms with van der Waals surface area (Å²) in [6, 6.07) is 9.16. The van der Waals surface area contributed by atoms with Gasteiger partial charge in [-0.05, 0) is 18.4 Å². The van der Waals surface area contributed by atoms with Crippen molar-refractivity contribution >= 4 is 17.8 Å². The molecular formula is C19H23N5O4. The minimum absolute atomic E-state index is 0.153. The second kappa shape index (κ2) is 9.25. The average molecular weight is 385 g/mol. The van der Waals surface area contributed by atoms with Crippen molar-refractivity contribution < 1.29 is 19.5 Å². The van der Waals surface area contributed by atoms with Gasteiger partial charge in [0.2, 0.25) is 5.95 Å². The van der Waals surface area contributed by atoms with Crippen molar-refractivity contribution in [2.45, 2.75) is 24.9 Å². The van der Waals surface area contributed by atoms with Crippen molar-refractivity contribution in [1.29, 1.82) is 0 Å². The zero-order valence-electron chi connectivity index (χ0n) is 15.5. The first kappa shape index (κ1) is 19.7. The fourth-order valence-electron chi connectivity index (χ4n) is 3.21. The van der Waals surface area contributed by atoms with Gasteiger partial charge in [-0.2, -0.15) is 0 Å². The number of carbonyl (C=O) groups excluding carboxylic acids is 2. The van der Waals surface area contributed by atoms with Crippen LogP contribution in [0.25, 0.3) is 0 Å². The van der Waals surface area contributed by atoms with Gasteiger partial charge < -0.3 is 9.64 Å². The van der Waals surface area contributed by atoms with Gasteiger partial charge in [0, 0.05) is 31.5 Å². The lowest BCUT2D eigenvalue weighted by Gasteiger charge is -2.34. The van der Waals surface area contributed by atoms with Crippen molar-refractivity contribution in [2.75, 3.05) is 25.1 Å². The van der Waals surface area contributed by atoms with E-state index in [2.05, 4.69) is 15.3 Å². The van der Waals surface area contributed by atoms with E-state index in [4.69, 9.17) is 9.94 Å². The summed E-state index contributed by atoms with van der Waals surface area (Å²) in [6.45, 7) is 1.43. The van der Waals surface area contributed by atoms with Gasteiger partial charge in [0.25, 0.3) is 5.91 Å². The van der Waals surface area contributed by atoms with E-state index in [1.807, 2.05) is 35.2 Å². The smallest absolute Gasteiger partial charge is 0.327 e. The molecule has 1 fully saturated rings. The molecule has 1 aliphatic rings. The quantitative estimate of drug-likeness (QED) is 0.384. The maximum atomic E-state index is 12.2. The highest BCUT2D eigenvalue weighted by molar-refractivity contribution is 5.92. The Hall–Kier alpha value is -3.04. The van der Waals surface area contributed by atoms with E-state index in [1.54, 1.807) is 5.48 Å². The van der Waals surface area contributed by atoms with Crippen molar-refractivity contribution in [2.24, 2.45) is 0 Å². The molecule has 1 aromatic carbocycles. The minimum Gasteiger partial charge on any atom is -0.468 e. The van der Waals surface area contributed by atoms with Crippen molar-refractivity contribution in [3.8, 4) is 0 Å². The number of esters is 1. The Morgan fingerprint density at radius 2 is 1.82 bits per heavy atom. The van der Waals surface area contributed by atoms with Crippen LogP contribution in [0, 0.1) is 0 Å². The number of nitrogens with one attached hydrogen (secondary N) is 2. The maximum Gasteiger partial charge on any atom is 0.327 e. The van der Waals surface area contributed by atoms with E-state index in [-0.39, 0.29) is 17.6 Å². The third-order valence-electron chi connectivity index (χ3n) is 4.75. The molecule has 148 valence electrons. The number of amides is 1. The summed E-state index contributed by atoms with van der Waals surface area (Å²) in [7, 11) is 1.39. The molecule has 9 heteroatoms. The van der Waals surface area contributed by atoms with Gasteiger partial charge in [-0.3, -0.25) is 15.3 Å². The highest BCUT2D eigenvalue weighted by Gasteiger charge is 2.27. The van der Waals surface area contributed by atoms with E-state index in [9.17, 15) is 9.59 Å². The summed E-state index contributed by atoms with van der Waals surface area (Å²) >= 11 is 0. The molecule has 1 aromatic heterocycles. The standard InChI is InChI=1S/C19H23N5O4/c1-28-18(26)16(13-5-3-2-4-6-13)22-15-7-9-24(10-8-15)19-20-11-14(12-21-19)17(25)23-27/h2-6,11-12,15-16,22,27H,7-10H2,1H3,(H,23,25)/t16-/m0/s1. The zero-order valence-corrected chi connectivity index (χ0v) is 15.5. The molecule has 3 N–H and O–H groups in total. The first-order chi connectivity index (χ1) is 13.6. The highest BCUT2D eigenvalue weighted by Crippen LogP contribution is 2.21. The van der Waals surface area contributed by atoms with Crippen LogP contribution in [0.3, 0.4) is 0 Å². The van der Waals surface area contributed by atoms with Crippen LogP contribution in [0.15, 0.2) is 42.7 Å². The Morgan fingerprint density at radius 1 is 1.18 bits per heavy atom. The molecular weight excluding hydrogens is 362 g/mol. The first-order valence-electron chi connectivity index (χ1n) is 9.02. The van der Waals surface area contributed by atoms with E-state index in [0.29, 0.717) is 19.0 Å². The largest absolute Gasteiger partial charge is 0.468 e. The third-order valence-corrected chi connectivity index (χ3v) is 4.75. The molecule has 2 heterocycles. The van der Waals surface area contributed by atoms with Crippen LogP contribution in [0.5, 0.6) is 0 Å². The van der Waals surface area contributed by atoms with Gasteiger partial charge in [0.05, 0.1) is 12.7 Å². The second-order valence-electron chi connectivity index (χ2n) is 6.51. The van der Waals surface area contributed by atoms with Gasteiger partial charge in [-0.1, -0.05) is 30.3 Å². The number of nitrogens with zero attached hydrogens (tertiary/aromatic N) is 3. The SMILES string of the molecule is COC(=O)[C@@H](NC1CCN(c2ncc(C(=O)NO)cn2)CC1)c1ccccc1. The second-order valence-corrected chi connectivity index (χ2v) is 6.51. The molecule has 9 nitrogen and oxygen atoms in total. The van der Waals surface area contributed by atoms with Crippen LogP contribution in [0.2, 0.25) is 0 Å². The summed E-state index contributed by atoms with van der Waals surface area (Å²) < 4.78 is 4.96. The topological polar surface area (TPSA) is 117 Å². The molecule has 0 unspecified atom stereocenters. The summed E-state index contributed by atoms with van der Waals surface area (Å²) in [4.78, 5) is 34.0. The van der Waals surface area contributed by atoms with Crippen LogP contribution < -0.4 is 15.7 Å². The molecule has 28 heavy (non-hydrogen) atoms. The number of ether oxygens (including phenoxy) is 1. The number of methoxy groups -OCH3 is 1. The van der Waals surface area contributed by atoms with Gasteiger partial charge in [0.1, 0.15) is 6.04 Å². The summed E-state index contributed by atoms with van der Waals surface area (Å²) in [5, 5.41) is 12.0. The molecule has 0 bridgehead atoms. The summed E-state index contributed by atoms with van der Waals surface area (Å²) in [5.41, 5.74) is 2.61. The molecule has 1 atom stereocenters. The number of rotatable bonds is 6. The molecule has 0 aliphatic carbocycles. The Morgan fingerprint density at radius 3 is 2.39 bits per heavy atom. The van der Waals surface area contributed by atoms with E-state index < -0.39 is 11.9 Å². The van der Waals surface area contributed by atoms with Gasteiger partial charge in [-0.15, -0.1) is 0 Å². The monoisotopic (exact) mass is 385 g/mol. The Kier molecular flexibility index (Phi) is 6.51. The number of piperidine rings is 1.